The molecule has 1 aliphatic rings. The lowest BCUT2D eigenvalue weighted by molar-refractivity contribution is -0.138. The van der Waals surface area contributed by atoms with Crippen LogP contribution in [0.2, 0.25) is 0 Å². The first-order chi connectivity index (χ1) is 12.9. The molecule has 1 aromatic carbocycles. The van der Waals surface area contributed by atoms with Crippen LogP contribution in [0.25, 0.3) is 0 Å². The Balaban J connectivity index is 1.94. The number of hydrogen-bond donors (Lipinski definition) is 1. The van der Waals surface area contributed by atoms with Crippen molar-refractivity contribution >= 4 is 17.6 Å². The van der Waals surface area contributed by atoms with Gasteiger partial charge in [0.1, 0.15) is 0 Å². The van der Waals surface area contributed by atoms with Crippen LogP contribution in [-0.4, -0.2) is 73.1 Å². The number of nitrogens with zero attached hydrogens (tertiary/aromatic N) is 3. The van der Waals surface area contributed by atoms with Crippen LogP contribution in [0.3, 0.4) is 0 Å². The number of benzene rings is 1. The van der Waals surface area contributed by atoms with Crippen molar-refractivity contribution in [1.29, 1.82) is 0 Å². The van der Waals surface area contributed by atoms with Gasteiger partial charge in [0.2, 0.25) is 0 Å². The first-order valence-electron chi connectivity index (χ1n) is 9.95. The summed E-state index contributed by atoms with van der Waals surface area (Å²) in [6.45, 7) is 4.65. The number of likely N-dealkylation sites (N-methyl/N-ethyl adjacent to an activating group) is 1. The van der Waals surface area contributed by atoms with Gasteiger partial charge in [-0.25, -0.2) is 0 Å². The second-order valence-electron chi connectivity index (χ2n) is 7.51. The molecule has 6 nitrogen and oxygen atoms in total. The molecule has 1 aromatic rings. The summed E-state index contributed by atoms with van der Waals surface area (Å²) in [7, 11) is 3.93. The molecule has 1 heterocycles. The minimum atomic E-state index is -0.807. The summed E-state index contributed by atoms with van der Waals surface area (Å²) >= 11 is 0. The Morgan fingerprint density at radius 3 is 2.48 bits per heavy atom. The minimum Gasteiger partial charge on any atom is -0.480 e. The molecule has 0 radical (unpaired) electrons. The van der Waals surface area contributed by atoms with E-state index in [2.05, 4.69) is 18.9 Å². The van der Waals surface area contributed by atoms with Crippen LogP contribution in [0.1, 0.15) is 49.4 Å². The van der Waals surface area contributed by atoms with E-state index in [1.54, 1.807) is 0 Å². The molecule has 1 aliphatic heterocycles. The van der Waals surface area contributed by atoms with Crippen LogP contribution < -0.4 is 4.90 Å². The highest BCUT2D eigenvalue weighted by Crippen LogP contribution is 2.19. The highest BCUT2D eigenvalue weighted by Gasteiger charge is 2.24. The molecule has 1 atom stereocenters. The van der Waals surface area contributed by atoms with Crippen molar-refractivity contribution in [2.75, 3.05) is 45.2 Å². The second-order valence-corrected chi connectivity index (χ2v) is 7.51. The number of carboxylic acid groups (broad SMARTS) is 1. The van der Waals surface area contributed by atoms with E-state index in [1.807, 2.05) is 41.1 Å². The number of unbranched alkanes of at least 4 members (excludes halogenated alkanes) is 1. The molecular weight excluding hydrogens is 342 g/mol. The molecule has 2 rings (SSSR count). The fourth-order valence-electron chi connectivity index (χ4n) is 3.63. The van der Waals surface area contributed by atoms with Crippen molar-refractivity contribution in [1.82, 2.24) is 9.80 Å². The Morgan fingerprint density at radius 1 is 1.15 bits per heavy atom. The highest BCUT2D eigenvalue weighted by molar-refractivity contribution is 5.94. The van der Waals surface area contributed by atoms with Crippen molar-refractivity contribution in [3.8, 4) is 0 Å². The molecule has 0 aromatic heterocycles. The average molecular weight is 376 g/mol. The predicted molar refractivity (Wildman–Crippen MR) is 108 cm³/mol. The summed E-state index contributed by atoms with van der Waals surface area (Å²) < 4.78 is 0. The lowest BCUT2D eigenvalue weighted by atomic mass is 10.1. The summed E-state index contributed by atoms with van der Waals surface area (Å²) in [5.41, 5.74) is 1.85. The SMILES string of the molecule is CCCCN(C)c1ccc(C(=O)N2CCCC(N(C)CC(=O)O)CC2)cc1. The van der Waals surface area contributed by atoms with Crippen LogP contribution in [0.5, 0.6) is 0 Å². The van der Waals surface area contributed by atoms with E-state index in [0.29, 0.717) is 6.54 Å². The number of likely N-dealkylation sites (tertiary alicyclic amines) is 1. The summed E-state index contributed by atoms with van der Waals surface area (Å²) in [6.07, 6.45) is 4.96. The number of hydrogen-bond acceptors (Lipinski definition) is 4. The summed E-state index contributed by atoms with van der Waals surface area (Å²) in [6, 6.07) is 8.08. The van der Waals surface area contributed by atoms with Crippen molar-refractivity contribution in [2.24, 2.45) is 0 Å². The van der Waals surface area contributed by atoms with Crippen LogP contribution in [-0.2, 0) is 4.79 Å². The Kier molecular flexibility index (Phi) is 8.10. The standard InChI is InChI=1S/C21H33N3O3/c1-4-5-13-22(2)19-10-8-17(9-11-19)21(27)24-14-6-7-18(12-15-24)23(3)16-20(25)26/h8-11,18H,4-7,12-16H2,1-3H3,(H,25,26). The van der Waals surface area contributed by atoms with Crippen molar-refractivity contribution in [2.45, 2.75) is 45.1 Å². The van der Waals surface area contributed by atoms with Gasteiger partial charge < -0.3 is 14.9 Å². The van der Waals surface area contributed by atoms with Gasteiger partial charge in [0.25, 0.3) is 5.91 Å². The maximum absolute atomic E-state index is 12.9. The molecule has 0 spiro atoms. The van der Waals surface area contributed by atoms with E-state index in [-0.39, 0.29) is 18.5 Å². The van der Waals surface area contributed by atoms with Gasteiger partial charge in [0, 0.05) is 44.0 Å². The van der Waals surface area contributed by atoms with Crippen LogP contribution in [0, 0.1) is 0 Å². The molecule has 6 heteroatoms. The molecular formula is C21H33N3O3. The van der Waals surface area contributed by atoms with Crippen LogP contribution in [0.15, 0.2) is 24.3 Å². The minimum absolute atomic E-state index is 0.0472. The van der Waals surface area contributed by atoms with E-state index in [0.717, 1.165) is 50.0 Å². The Labute approximate surface area is 162 Å². The lowest BCUT2D eigenvalue weighted by Gasteiger charge is -2.25. The largest absolute Gasteiger partial charge is 0.480 e. The van der Waals surface area contributed by atoms with Crippen LogP contribution >= 0.6 is 0 Å². The third-order valence-electron chi connectivity index (χ3n) is 5.39. The van der Waals surface area contributed by atoms with E-state index in [1.165, 1.54) is 6.42 Å². The van der Waals surface area contributed by atoms with Gasteiger partial charge in [0.05, 0.1) is 6.54 Å². The lowest BCUT2D eigenvalue weighted by Crippen LogP contribution is -2.37. The molecule has 1 amide bonds. The van der Waals surface area contributed by atoms with Crippen molar-refractivity contribution in [3.05, 3.63) is 29.8 Å². The van der Waals surface area contributed by atoms with Gasteiger partial charge in [-0.1, -0.05) is 13.3 Å². The number of carboxylic acids is 1. The smallest absolute Gasteiger partial charge is 0.317 e. The van der Waals surface area contributed by atoms with Gasteiger partial charge in [-0.15, -0.1) is 0 Å². The van der Waals surface area contributed by atoms with E-state index < -0.39 is 5.97 Å². The number of aliphatic carboxylic acids is 1. The van der Waals surface area contributed by atoms with Crippen molar-refractivity contribution < 1.29 is 14.7 Å². The number of carbonyl (C=O) groups is 2. The zero-order valence-corrected chi connectivity index (χ0v) is 16.9. The molecule has 1 N–H and O–H groups in total. The first kappa shape index (κ1) is 21.2. The number of anilines is 1. The topological polar surface area (TPSA) is 64.1 Å². The van der Waals surface area contributed by atoms with Gasteiger partial charge in [-0.2, -0.15) is 0 Å². The Hall–Kier alpha value is -2.08. The maximum atomic E-state index is 12.9. The fraction of sp³-hybridized carbons (Fsp3) is 0.619. The molecule has 1 fully saturated rings. The van der Waals surface area contributed by atoms with E-state index >= 15 is 0 Å². The zero-order chi connectivity index (χ0) is 19.8. The van der Waals surface area contributed by atoms with Gasteiger partial charge in [0.15, 0.2) is 0 Å². The van der Waals surface area contributed by atoms with Gasteiger partial charge >= 0.3 is 5.97 Å². The number of amides is 1. The highest BCUT2D eigenvalue weighted by atomic mass is 16.4. The fourth-order valence-corrected chi connectivity index (χ4v) is 3.63. The molecule has 0 aliphatic carbocycles. The Morgan fingerprint density at radius 2 is 1.85 bits per heavy atom. The van der Waals surface area contributed by atoms with Crippen molar-refractivity contribution in [3.63, 3.8) is 0 Å². The number of carbonyl (C=O) groups excluding carboxylic acids is 1. The predicted octanol–water partition coefficient (Wildman–Crippen LogP) is 2.93. The molecule has 1 unspecified atom stereocenters. The first-order valence-corrected chi connectivity index (χ1v) is 9.95. The van der Waals surface area contributed by atoms with E-state index in [9.17, 15) is 9.59 Å². The summed E-state index contributed by atoms with van der Waals surface area (Å²) in [4.78, 5) is 29.8. The Bertz CT molecular complexity index is 618. The second kappa shape index (κ2) is 10.3. The average Bonchev–Trinajstić information content (AvgIpc) is 2.91. The molecule has 150 valence electrons. The normalized spacial score (nSPS) is 17.6. The molecule has 1 saturated heterocycles. The molecule has 27 heavy (non-hydrogen) atoms. The zero-order valence-electron chi connectivity index (χ0n) is 16.9. The summed E-state index contributed by atoms with van der Waals surface area (Å²) in [5.74, 6) is -0.738. The third-order valence-corrected chi connectivity index (χ3v) is 5.39. The maximum Gasteiger partial charge on any atom is 0.317 e. The van der Waals surface area contributed by atoms with Crippen LogP contribution in [0.4, 0.5) is 5.69 Å². The monoisotopic (exact) mass is 375 g/mol. The quantitative estimate of drug-likeness (QED) is 0.757. The molecule has 0 bridgehead atoms. The molecule has 0 saturated carbocycles. The van der Waals surface area contributed by atoms with Gasteiger partial charge in [-0.05, 0) is 57.0 Å². The number of rotatable bonds is 8. The van der Waals surface area contributed by atoms with E-state index in [4.69, 9.17) is 5.11 Å². The third kappa shape index (κ3) is 6.24. The van der Waals surface area contributed by atoms with Gasteiger partial charge in [-0.3, -0.25) is 14.5 Å². The summed E-state index contributed by atoms with van der Waals surface area (Å²) in [5, 5.41) is 8.97.